The first-order valence-corrected chi connectivity index (χ1v) is 3.58. The molecule has 5 heteroatoms. The van der Waals surface area contributed by atoms with Gasteiger partial charge in [0, 0.05) is 6.08 Å². The fourth-order valence-corrected chi connectivity index (χ4v) is 0.552. The number of nitrogens with zero attached hydrogens (tertiary/aromatic N) is 1. The van der Waals surface area contributed by atoms with E-state index in [4.69, 9.17) is 10.4 Å². The molecule has 0 aliphatic carbocycles. The van der Waals surface area contributed by atoms with Gasteiger partial charge in [0.2, 0.25) is 0 Å². The van der Waals surface area contributed by atoms with E-state index in [0.29, 0.717) is 0 Å². The highest BCUT2D eigenvalue weighted by Gasteiger charge is 2.10. The van der Waals surface area contributed by atoms with Gasteiger partial charge in [-0.2, -0.15) is 5.26 Å². The first-order valence-electron chi connectivity index (χ1n) is 3.58. The predicted molar refractivity (Wildman–Crippen MR) is 42.4 cm³/mol. The van der Waals surface area contributed by atoms with Gasteiger partial charge in [-0.05, 0) is 6.92 Å². The maximum Gasteiger partial charge on any atom is 0.349 e. The number of aliphatic hydroxyl groups excluding tert-OH is 1. The number of ether oxygens (including phenoxy) is 1. The smallest absolute Gasteiger partial charge is 0.349 e. The fraction of sp³-hybridized carbons (Fsp3) is 0.375. The van der Waals surface area contributed by atoms with E-state index in [0.717, 1.165) is 6.08 Å². The summed E-state index contributed by atoms with van der Waals surface area (Å²) in [5.41, 5.74) is -0.402. The van der Waals surface area contributed by atoms with Crippen molar-refractivity contribution in [3.8, 4) is 6.07 Å². The van der Waals surface area contributed by atoms with Crippen LogP contribution in [0.15, 0.2) is 11.6 Å². The Morgan fingerprint density at radius 2 is 2.23 bits per heavy atom. The predicted octanol–water partition coefficient (Wildman–Crippen LogP) is -0.439. The number of aliphatic hydroxyl groups is 1. The zero-order valence-corrected chi connectivity index (χ0v) is 7.11. The van der Waals surface area contributed by atoms with Crippen LogP contribution in [-0.2, 0) is 14.3 Å². The van der Waals surface area contributed by atoms with Gasteiger partial charge in [0.15, 0.2) is 5.78 Å². The summed E-state index contributed by atoms with van der Waals surface area (Å²) < 4.78 is 4.48. The number of rotatable bonds is 4. The molecule has 0 unspecified atom stereocenters. The molecule has 0 radical (unpaired) electrons. The van der Waals surface area contributed by atoms with Crippen molar-refractivity contribution in [1.82, 2.24) is 0 Å². The number of carbonyl (C=O) groups excluding carboxylic acids is 2. The molecule has 0 aromatic rings. The molecule has 5 nitrogen and oxygen atoms in total. The molecule has 0 aliphatic rings. The van der Waals surface area contributed by atoms with Gasteiger partial charge in [-0.1, -0.05) is 0 Å². The Morgan fingerprint density at radius 1 is 1.62 bits per heavy atom. The van der Waals surface area contributed by atoms with Crippen molar-refractivity contribution in [3.63, 3.8) is 0 Å². The van der Waals surface area contributed by atoms with Crippen LogP contribution in [0, 0.1) is 11.3 Å². The maximum absolute atomic E-state index is 10.9. The van der Waals surface area contributed by atoms with Gasteiger partial charge in [-0.25, -0.2) is 4.79 Å². The summed E-state index contributed by atoms with van der Waals surface area (Å²) in [4.78, 5) is 21.5. The Hall–Kier alpha value is -1.67. The van der Waals surface area contributed by atoms with E-state index < -0.39 is 23.9 Å². The Kier molecular flexibility index (Phi) is 5.15. The Bertz CT molecular complexity index is 274. The molecule has 1 N–H and O–H groups in total. The first kappa shape index (κ1) is 11.3. The lowest BCUT2D eigenvalue weighted by atomic mass is 10.2. The topological polar surface area (TPSA) is 87.4 Å². The van der Waals surface area contributed by atoms with Gasteiger partial charge in [-0.3, -0.25) is 4.79 Å². The van der Waals surface area contributed by atoms with E-state index in [-0.39, 0.29) is 6.61 Å². The van der Waals surface area contributed by atoms with E-state index in [1.54, 1.807) is 6.92 Å². The van der Waals surface area contributed by atoms with Crippen molar-refractivity contribution in [2.45, 2.75) is 6.92 Å². The first-order chi connectivity index (χ1) is 6.15. The van der Waals surface area contributed by atoms with Crippen LogP contribution < -0.4 is 0 Å². The van der Waals surface area contributed by atoms with E-state index >= 15 is 0 Å². The molecular formula is C8H9NO4. The molecule has 0 bridgehead atoms. The molecular weight excluding hydrogens is 174 g/mol. The van der Waals surface area contributed by atoms with Gasteiger partial charge in [-0.15, -0.1) is 0 Å². The summed E-state index contributed by atoms with van der Waals surface area (Å²) in [6, 6.07) is 1.51. The molecule has 0 saturated heterocycles. The number of ketones is 1. The molecule has 0 rings (SSSR count). The second kappa shape index (κ2) is 5.91. The van der Waals surface area contributed by atoms with Crippen LogP contribution >= 0.6 is 0 Å². The maximum atomic E-state index is 10.9. The minimum atomic E-state index is -0.855. The van der Waals surface area contributed by atoms with Gasteiger partial charge in [0.1, 0.15) is 18.2 Å². The van der Waals surface area contributed by atoms with Gasteiger partial charge < -0.3 is 9.84 Å². The highest BCUT2D eigenvalue weighted by molar-refractivity contribution is 6.02. The van der Waals surface area contributed by atoms with Crippen molar-refractivity contribution < 1.29 is 19.4 Å². The Balaban J connectivity index is 4.52. The molecule has 0 aromatic heterocycles. The number of esters is 1. The third-order valence-corrected chi connectivity index (χ3v) is 1.08. The SMILES string of the molecule is CCOC(=O)/C(C#N)=C/C(=O)CO. The summed E-state index contributed by atoms with van der Waals surface area (Å²) in [5.74, 6) is -1.56. The molecule has 13 heavy (non-hydrogen) atoms. The standard InChI is InChI=1S/C8H9NO4/c1-2-13-8(12)6(4-9)3-7(11)5-10/h3,10H,2,5H2,1H3/b6-3+. The normalized spacial score (nSPS) is 10.4. The quantitative estimate of drug-likeness (QED) is 0.362. The lowest BCUT2D eigenvalue weighted by Gasteiger charge is -1.97. The highest BCUT2D eigenvalue weighted by Crippen LogP contribution is 1.96. The Morgan fingerprint density at radius 3 is 2.62 bits per heavy atom. The molecule has 0 atom stereocenters. The summed E-state index contributed by atoms with van der Waals surface area (Å²) in [6.45, 7) is 0.983. The average Bonchev–Trinajstić information content (AvgIpc) is 2.14. The van der Waals surface area contributed by atoms with Crippen LogP contribution in [0.4, 0.5) is 0 Å². The lowest BCUT2D eigenvalue weighted by molar-refractivity contribution is -0.138. The number of hydrogen-bond donors (Lipinski definition) is 1. The summed E-state index contributed by atoms with van der Waals surface area (Å²) in [7, 11) is 0. The molecule has 0 aromatic carbocycles. The van der Waals surface area contributed by atoms with Gasteiger partial charge in [0.05, 0.1) is 6.61 Å². The zero-order valence-electron chi connectivity index (χ0n) is 7.11. The average molecular weight is 183 g/mol. The van der Waals surface area contributed by atoms with Crippen molar-refractivity contribution in [1.29, 1.82) is 5.26 Å². The molecule has 0 saturated carbocycles. The van der Waals surface area contributed by atoms with Gasteiger partial charge in [0.25, 0.3) is 0 Å². The molecule has 0 aliphatic heterocycles. The summed E-state index contributed by atoms with van der Waals surface area (Å²) in [6.07, 6.45) is 0.762. The largest absolute Gasteiger partial charge is 0.462 e. The summed E-state index contributed by atoms with van der Waals surface area (Å²) in [5, 5.41) is 16.7. The Labute approximate surface area is 75.2 Å². The highest BCUT2D eigenvalue weighted by atomic mass is 16.5. The fourth-order valence-electron chi connectivity index (χ4n) is 0.552. The second-order valence-electron chi connectivity index (χ2n) is 2.01. The molecule has 0 fully saturated rings. The van der Waals surface area contributed by atoms with Crippen LogP contribution in [-0.4, -0.2) is 30.1 Å². The minimum absolute atomic E-state index is 0.130. The minimum Gasteiger partial charge on any atom is -0.462 e. The molecule has 0 heterocycles. The van der Waals surface area contributed by atoms with E-state index in [9.17, 15) is 9.59 Å². The van der Waals surface area contributed by atoms with Gasteiger partial charge >= 0.3 is 5.97 Å². The number of hydrogen-bond acceptors (Lipinski definition) is 5. The van der Waals surface area contributed by atoms with Crippen LogP contribution in [0.5, 0.6) is 0 Å². The van der Waals surface area contributed by atoms with E-state index in [1.165, 1.54) is 6.07 Å². The van der Waals surface area contributed by atoms with Crippen LogP contribution in [0.25, 0.3) is 0 Å². The van der Waals surface area contributed by atoms with E-state index in [1.807, 2.05) is 0 Å². The second-order valence-corrected chi connectivity index (χ2v) is 2.01. The third kappa shape index (κ3) is 4.03. The van der Waals surface area contributed by atoms with Crippen molar-refractivity contribution in [2.24, 2.45) is 0 Å². The molecule has 0 amide bonds. The summed E-state index contributed by atoms with van der Waals surface area (Å²) >= 11 is 0. The third-order valence-electron chi connectivity index (χ3n) is 1.08. The number of carbonyl (C=O) groups is 2. The lowest BCUT2D eigenvalue weighted by Crippen LogP contribution is -2.09. The van der Waals surface area contributed by atoms with Crippen molar-refractivity contribution >= 4 is 11.8 Å². The van der Waals surface area contributed by atoms with Crippen LogP contribution in [0.1, 0.15) is 6.92 Å². The van der Waals surface area contributed by atoms with E-state index in [2.05, 4.69) is 4.74 Å². The molecule has 70 valence electrons. The van der Waals surface area contributed by atoms with Crippen molar-refractivity contribution in [3.05, 3.63) is 11.6 Å². The van der Waals surface area contributed by atoms with Crippen molar-refractivity contribution in [2.75, 3.05) is 13.2 Å². The van der Waals surface area contributed by atoms with Crippen LogP contribution in [0.3, 0.4) is 0 Å². The number of nitriles is 1. The monoisotopic (exact) mass is 183 g/mol. The van der Waals surface area contributed by atoms with Crippen LogP contribution in [0.2, 0.25) is 0 Å². The zero-order chi connectivity index (χ0) is 10.3. The molecule has 0 spiro atoms.